The topological polar surface area (TPSA) is 23.8 Å². The van der Waals surface area contributed by atoms with Crippen molar-refractivity contribution in [3.63, 3.8) is 0 Å². The van der Waals surface area contributed by atoms with Crippen molar-refractivity contribution in [1.29, 1.82) is 5.26 Å². The molecule has 0 radical (unpaired) electrons. The van der Waals surface area contributed by atoms with E-state index in [-0.39, 0.29) is 5.92 Å². The SMILES string of the molecule is Cc1cc(C)c(CC(C#N)c2c(Cl)cccc2Cl)c(C)c1. The van der Waals surface area contributed by atoms with Gasteiger partial charge in [-0.25, -0.2) is 0 Å². The van der Waals surface area contributed by atoms with Crippen molar-refractivity contribution in [3.8, 4) is 6.07 Å². The van der Waals surface area contributed by atoms with Crippen LogP contribution in [0.1, 0.15) is 33.7 Å². The molecule has 2 rings (SSSR count). The van der Waals surface area contributed by atoms with E-state index < -0.39 is 0 Å². The number of hydrogen-bond donors (Lipinski definition) is 0. The summed E-state index contributed by atoms with van der Waals surface area (Å²) in [5.41, 5.74) is 5.57. The lowest BCUT2D eigenvalue weighted by Gasteiger charge is -2.17. The molecule has 0 spiro atoms. The molecule has 1 unspecified atom stereocenters. The van der Waals surface area contributed by atoms with Crippen LogP contribution >= 0.6 is 23.2 Å². The second-order valence-electron chi connectivity index (χ2n) is 5.40. The van der Waals surface area contributed by atoms with E-state index in [1.807, 2.05) is 0 Å². The van der Waals surface area contributed by atoms with E-state index in [4.69, 9.17) is 23.2 Å². The third-order valence-electron chi connectivity index (χ3n) is 3.75. The number of aryl methyl sites for hydroxylation is 3. The predicted molar refractivity (Wildman–Crippen MR) is 89.2 cm³/mol. The lowest BCUT2D eigenvalue weighted by molar-refractivity contribution is 0.836. The van der Waals surface area contributed by atoms with Gasteiger partial charge in [0.2, 0.25) is 0 Å². The van der Waals surface area contributed by atoms with E-state index in [2.05, 4.69) is 39.0 Å². The Labute approximate surface area is 136 Å². The van der Waals surface area contributed by atoms with Crippen LogP contribution in [-0.2, 0) is 6.42 Å². The predicted octanol–water partition coefficient (Wildman–Crippen LogP) is 5.77. The average molecular weight is 318 g/mol. The smallest absolute Gasteiger partial charge is 0.0782 e. The van der Waals surface area contributed by atoms with E-state index in [1.165, 1.54) is 22.3 Å². The highest BCUT2D eigenvalue weighted by atomic mass is 35.5. The third kappa shape index (κ3) is 3.40. The molecule has 0 amide bonds. The van der Waals surface area contributed by atoms with Crippen LogP contribution in [0.5, 0.6) is 0 Å². The summed E-state index contributed by atoms with van der Waals surface area (Å²) in [6.45, 7) is 6.24. The van der Waals surface area contributed by atoms with Gasteiger partial charge in [-0.2, -0.15) is 5.26 Å². The van der Waals surface area contributed by atoms with Crippen LogP contribution in [0, 0.1) is 32.1 Å². The van der Waals surface area contributed by atoms with Gasteiger partial charge in [-0.05, 0) is 56.0 Å². The van der Waals surface area contributed by atoms with Gasteiger partial charge in [0.25, 0.3) is 0 Å². The molecule has 0 fully saturated rings. The fraction of sp³-hybridized carbons (Fsp3) is 0.278. The Kier molecular flexibility index (Phi) is 4.93. The number of rotatable bonds is 3. The maximum absolute atomic E-state index is 9.56. The van der Waals surface area contributed by atoms with Gasteiger partial charge in [-0.1, -0.05) is 47.0 Å². The molecule has 0 N–H and O–H groups in total. The van der Waals surface area contributed by atoms with Gasteiger partial charge in [0.05, 0.1) is 12.0 Å². The summed E-state index contributed by atoms with van der Waals surface area (Å²) in [7, 11) is 0. The van der Waals surface area contributed by atoms with Crippen LogP contribution < -0.4 is 0 Å². The van der Waals surface area contributed by atoms with Crippen molar-refractivity contribution in [2.24, 2.45) is 0 Å². The second-order valence-corrected chi connectivity index (χ2v) is 6.21. The molecule has 0 aliphatic carbocycles. The molecular weight excluding hydrogens is 301 g/mol. The van der Waals surface area contributed by atoms with Gasteiger partial charge in [0.1, 0.15) is 0 Å². The number of hydrogen-bond acceptors (Lipinski definition) is 1. The molecule has 0 aliphatic rings. The number of nitrogens with zero attached hydrogens (tertiary/aromatic N) is 1. The van der Waals surface area contributed by atoms with Gasteiger partial charge in [-0.15, -0.1) is 0 Å². The Morgan fingerprint density at radius 1 is 1.05 bits per heavy atom. The standard InChI is InChI=1S/C18H17Cl2N/c1-11-7-12(2)15(13(3)8-11)9-14(10-21)18-16(19)5-4-6-17(18)20/h4-8,14H,9H2,1-3H3. The first-order valence-electron chi connectivity index (χ1n) is 6.84. The molecule has 1 nitrogen and oxygen atoms in total. The van der Waals surface area contributed by atoms with E-state index >= 15 is 0 Å². The summed E-state index contributed by atoms with van der Waals surface area (Å²) in [6, 6.07) is 12.0. The van der Waals surface area contributed by atoms with E-state index in [0.29, 0.717) is 16.5 Å². The summed E-state index contributed by atoms with van der Waals surface area (Å²) in [4.78, 5) is 0. The monoisotopic (exact) mass is 317 g/mol. The minimum atomic E-state index is -0.341. The largest absolute Gasteiger partial charge is 0.198 e. The highest BCUT2D eigenvalue weighted by Gasteiger charge is 2.20. The fourth-order valence-corrected chi connectivity index (χ4v) is 3.45. The lowest BCUT2D eigenvalue weighted by atomic mass is 9.88. The van der Waals surface area contributed by atoms with Crippen molar-refractivity contribution < 1.29 is 0 Å². The molecular formula is C18H17Cl2N. The van der Waals surface area contributed by atoms with Crippen LogP contribution in [0.15, 0.2) is 30.3 Å². The van der Waals surface area contributed by atoms with Gasteiger partial charge in [0.15, 0.2) is 0 Å². The molecule has 0 saturated heterocycles. The zero-order valence-corrected chi connectivity index (χ0v) is 13.9. The van der Waals surface area contributed by atoms with E-state index in [0.717, 1.165) is 5.56 Å². The maximum atomic E-state index is 9.56. The Morgan fingerprint density at radius 3 is 2.05 bits per heavy atom. The molecule has 2 aromatic carbocycles. The first-order valence-corrected chi connectivity index (χ1v) is 7.60. The molecule has 0 heterocycles. The van der Waals surface area contributed by atoms with E-state index in [1.54, 1.807) is 18.2 Å². The van der Waals surface area contributed by atoms with Gasteiger partial charge in [-0.3, -0.25) is 0 Å². The van der Waals surface area contributed by atoms with Gasteiger partial charge >= 0.3 is 0 Å². The first kappa shape index (κ1) is 15.9. The lowest BCUT2D eigenvalue weighted by Crippen LogP contribution is -2.05. The van der Waals surface area contributed by atoms with Crippen molar-refractivity contribution in [1.82, 2.24) is 0 Å². The quantitative estimate of drug-likeness (QED) is 0.705. The Morgan fingerprint density at radius 2 is 1.57 bits per heavy atom. The molecule has 2 aromatic rings. The molecule has 0 aromatic heterocycles. The minimum Gasteiger partial charge on any atom is -0.198 e. The second kappa shape index (κ2) is 6.52. The fourth-order valence-electron chi connectivity index (χ4n) is 2.79. The zero-order valence-electron chi connectivity index (χ0n) is 12.4. The zero-order chi connectivity index (χ0) is 15.6. The van der Waals surface area contributed by atoms with Crippen molar-refractivity contribution in [2.75, 3.05) is 0 Å². The number of benzene rings is 2. The molecule has 1 atom stereocenters. The summed E-state index contributed by atoms with van der Waals surface area (Å²) in [6.07, 6.45) is 0.623. The van der Waals surface area contributed by atoms with Crippen LogP contribution in [-0.4, -0.2) is 0 Å². The van der Waals surface area contributed by atoms with Crippen LogP contribution in [0.4, 0.5) is 0 Å². The number of nitriles is 1. The molecule has 0 saturated carbocycles. The number of halogens is 2. The van der Waals surface area contributed by atoms with Crippen molar-refractivity contribution in [2.45, 2.75) is 33.1 Å². The van der Waals surface area contributed by atoms with Crippen LogP contribution in [0.3, 0.4) is 0 Å². The van der Waals surface area contributed by atoms with Crippen molar-refractivity contribution in [3.05, 3.63) is 68.2 Å². The highest BCUT2D eigenvalue weighted by molar-refractivity contribution is 6.36. The van der Waals surface area contributed by atoms with E-state index in [9.17, 15) is 5.26 Å². The summed E-state index contributed by atoms with van der Waals surface area (Å²) >= 11 is 12.5. The molecule has 21 heavy (non-hydrogen) atoms. The average Bonchev–Trinajstić information content (AvgIpc) is 2.40. The normalized spacial score (nSPS) is 12.0. The van der Waals surface area contributed by atoms with Crippen molar-refractivity contribution >= 4 is 23.2 Å². The maximum Gasteiger partial charge on any atom is 0.0782 e. The Balaban J connectivity index is 2.44. The van der Waals surface area contributed by atoms with Crippen LogP contribution in [0.2, 0.25) is 10.0 Å². The molecule has 0 bridgehead atoms. The summed E-state index contributed by atoms with van der Waals surface area (Å²) in [5, 5.41) is 10.7. The van der Waals surface area contributed by atoms with Crippen LogP contribution in [0.25, 0.3) is 0 Å². The van der Waals surface area contributed by atoms with Gasteiger partial charge < -0.3 is 0 Å². The summed E-state index contributed by atoms with van der Waals surface area (Å²) < 4.78 is 0. The molecule has 3 heteroatoms. The molecule has 108 valence electrons. The highest BCUT2D eigenvalue weighted by Crippen LogP contribution is 2.34. The summed E-state index contributed by atoms with van der Waals surface area (Å²) in [5.74, 6) is -0.341. The first-order chi connectivity index (χ1) is 9.93. The minimum absolute atomic E-state index is 0.341. The Hall–Kier alpha value is -1.49. The van der Waals surface area contributed by atoms with Gasteiger partial charge in [0, 0.05) is 15.6 Å². The molecule has 0 aliphatic heterocycles. The third-order valence-corrected chi connectivity index (χ3v) is 4.41. The Bertz CT molecular complexity index is 670.